The molecule has 1 fully saturated rings. The van der Waals surface area contributed by atoms with E-state index in [-0.39, 0.29) is 6.47 Å². The number of hydrogen-bond donors (Lipinski definition) is 1. The number of rotatable bonds is 1. The van der Waals surface area contributed by atoms with Crippen LogP contribution in [0, 0.1) is 6.92 Å². The van der Waals surface area contributed by atoms with Gasteiger partial charge >= 0.3 is 0 Å². The molecule has 1 saturated carbocycles. The molecule has 0 spiro atoms. The second kappa shape index (κ2) is 4.60. The fourth-order valence-corrected chi connectivity index (χ4v) is 1.32. The van der Waals surface area contributed by atoms with Crippen molar-refractivity contribution in [3.63, 3.8) is 0 Å². The number of aromatic nitrogens is 1. The molecule has 70 valence electrons. The van der Waals surface area contributed by atoms with Gasteiger partial charge in [-0.15, -0.1) is 0 Å². The Morgan fingerprint density at radius 2 is 2.23 bits per heavy atom. The van der Waals surface area contributed by atoms with Gasteiger partial charge in [0.1, 0.15) is 0 Å². The summed E-state index contributed by atoms with van der Waals surface area (Å²) >= 11 is 0. The molecule has 0 saturated heterocycles. The van der Waals surface area contributed by atoms with Crippen LogP contribution in [0.1, 0.15) is 30.0 Å². The van der Waals surface area contributed by atoms with Crippen molar-refractivity contribution in [2.45, 2.75) is 25.7 Å². The van der Waals surface area contributed by atoms with Gasteiger partial charge in [0, 0.05) is 11.9 Å². The average molecular weight is 179 g/mol. The fourth-order valence-electron chi connectivity index (χ4n) is 1.32. The van der Waals surface area contributed by atoms with E-state index < -0.39 is 0 Å². The number of hydrogen-bond acceptors (Lipinski definition) is 2. The quantitative estimate of drug-likeness (QED) is 0.670. The Hall–Kier alpha value is -1.38. The highest BCUT2D eigenvalue weighted by atomic mass is 16.3. The van der Waals surface area contributed by atoms with E-state index in [4.69, 9.17) is 9.90 Å². The summed E-state index contributed by atoms with van der Waals surface area (Å²) in [6.45, 7) is 1.84. The SMILES string of the molecule is Cc1ncccc1C1CC1.O=CO. The molecule has 0 unspecified atom stereocenters. The van der Waals surface area contributed by atoms with E-state index in [1.54, 1.807) is 0 Å². The number of carboxylic acid groups (broad SMARTS) is 1. The smallest absolute Gasteiger partial charge is 0.290 e. The van der Waals surface area contributed by atoms with E-state index in [1.807, 2.05) is 12.3 Å². The molecule has 0 aromatic carbocycles. The maximum Gasteiger partial charge on any atom is 0.290 e. The highest BCUT2D eigenvalue weighted by Gasteiger charge is 2.24. The highest BCUT2D eigenvalue weighted by molar-refractivity contribution is 5.32. The molecule has 3 nitrogen and oxygen atoms in total. The van der Waals surface area contributed by atoms with Crippen LogP contribution in [0.5, 0.6) is 0 Å². The van der Waals surface area contributed by atoms with E-state index in [0.29, 0.717) is 0 Å². The zero-order chi connectivity index (χ0) is 9.68. The van der Waals surface area contributed by atoms with Crippen LogP contribution in [0.2, 0.25) is 0 Å². The molecule has 0 amide bonds. The number of pyridine rings is 1. The second-order valence-corrected chi connectivity index (χ2v) is 3.06. The summed E-state index contributed by atoms with van der Waals surface area (Å²) in [6, 6.07) is 4.22. The van der Waals surface area contributed by atoms with Crippen LogP contribution in [-0.2, 0) is 4.79 Å². The van der Waals surface area contributed by atoms with Gasteiger partial charge in [-0.1, -0.05) is 6.07 Å². The summed E-state index contributed by atoms with van der Waals surface area (Å²) < 4.78 is 0. The zero-order valence-corrected chi connectivity index (χ0v) is 7.60. The maximum atomic E-state index is 8.36. The third kappa shape index (κ3) is 2.86. The van der Waals surface area contributed by atoms with Crippen molar-refractivity contribution in [2.24, 2.45) is 0 Å². The van der Waals surface area contributed by atoms with Crippen molar-refractivity contribution >= 4 is 6.47 Å². The van der Waals surface area contributed by atoms with Crippen molar-refractivity contribution < 1.29 is 9.90 Å². The van der Waals surface area contributed by atoms with Crippen LogP contribution in [0.3, 0.4) is 0 Å². The van der Waals surface area contributed by atoms with E-state index in [9.17, 15) is 0 Å². The first-order valence-corrected chi connectivity index (χ1v) is 4.29. The van der Waals surface area contributed by atoms with Crippen LogP contribution in [0.4, 0.5) is 0 Å². The Labute approximate surface area is 77.4 Å². The van der Waals surface area contributed by atoms with Crippen molar-refractivity contribution in [3.05, 3.63) is 29.6 Å². The molecule has 1 aromatic heterocycles. The molecule has 3 heteroatoms. The molecule has 1 aliphatic carbocycles. The highest BCUT2D eigenvalue weighted by Crippen LogP contribution is 2.40. The van der Waals surface area contributed by atoms with E-state index in [2.05, 4.69) is 18.0 Å². The van der Waals surface area contributed by atoms with Crippen LogP contribution in [-0.4, -0.2) is 16.6 Å². The Kier molecular flexibility index (Phi) is 3.43. The minimum absolute atomic E-state index is 0.250. The fraction of sp³-hybridized carbons (Fsp3) is 0.400. The summed E-state index contributed by atoms with van der Waals surface area (Å²) in [6.07, 6.45) is 4.60. The first kappa shape index (κ1) is 9.71. The monoisotopic (exact) mass is 179 g/mol. The summed E-state index contributed by atoms with van der Waals surface area (Å²) in [7, 11) is 0. The molecule has 0 radical (unpaired) electrons. The minimum atomic E-state index is -0.250. The van der Waals surface area contributed by atoms with Gasteiger partial charge in [0.15, 0.2) is 0 Å². The topological polar surface area (TPSA) is 50.2 Å². The van der Waals surface area contributed by atoms with Gasteiger partial charge in [-0.2, -0.15) is 0 Å². The van der Waals surface area contributed by atoms with Crippen molar-refractivity contribution in [1.29, 1.82) is 0 Å². The van der Waals surface area contributed by atoms with Crippen molar-refractivity contribution in [3.8, 4) is 0 Å². The Balaban J connectivity index is 0.000000251. The van der Waals surface area contributed by atoms with Gasteiger partial charge in [0.05, 0.1) is 0 Å². The van der Waals surface area contributed by atoms with Gasteiger partial charge in [-0.3, -0.25) is 9.78 Å². The van der Waals surface area contributed by atoms with Crippen molar-refractivity contribution in [2.75, 3.05) is 0 Å². The lowest BCUT2D eigenvalue weighted by atomic mass is 10.1. The molecule has 0 aliphatic heterocycles. The minimum Gasteiger partial charge on any atom is -0.483 e. The van der Waals surface area contributed by atoms with E-state index in [1.165, 1.54) is 24.1 Å². The summed E-state index contributed by atoms with van der Waals surface area (Å²) in [5, 5.41) is 6.89. The van der Waals surface area contributed by atoms with Gasteiger partial charge in [-0.25, -0.2) is 0 Å². The predicted octanol–water partition coefficient (Wildman–Crippen LogP) is 1.97. The molecule has 13 heavy (non-hydrogen) atoms. The predicted molar refractivity (Wildman–Crippen MR) is 49.6 cm³/mol. The van der Waals surface area contributed by atoms with Gasteiger partial charge < -0.3 is 5.11 Å². The summed E-state index contributed by atoms with van der Waals surface area (Å²) in [5.41, 5.74) is 2.67. The zero-order valence-electron chi connectivity index (χ0n) is 7.60. The Bertz CT molecular complexity index is 282. The van der Waals surface area contributed by atoms with Gasteiger partial charge in [0.25, 0.3) is 6.47 Å². The number of aryl methyl sites for hydroxylation is 1. The molecule has 0 atom stereocenters. The third-order valence-corrected chi connectivity index (χ3v) is 2.06. The summed E-state index contributed by atoms with van der Waals surface area (Å²) in [5.74, 6) is 0.841. The Morgan fingerprint density at radius 1 is 1.62 bits per heavy atom. The molecule has 1 N–H and O–H groups in total. The molecule has 1 heterocycles. The van der Waals surface area contributed by atoms with Crippen LogP contribution < -0.4 is 0 Å². The van der Waals surface area contributed by atoms with E-state index >= 15 is 0 Å². The largest absolute Gasteiger partial charge is 0.483 e. The normalized spacial score (nSPS) is 14.2. The molecule has 1 aliphatic rings. The lowest BCUT2D eigenvalue weighted by molar-refractivity contribution is -0.122. The van der Waals surface area contributed by atoms with Gasteiger partial charge in [0.2, 0.25) is 0 Å². The first-order valence-electron chi connectivity index (χ1n) is 4.29. The molecule has 2 rings (SSSR count). The Morgan fingerprint density at radius 3 is 2.69 bits per heavy atom. The van der Waals surface area contributed by atoms with Crippen molar-refractivity contribution in [1.82, 2.24) is 4.98 Å². The van der Waals surface area contributed by atoms with Crippen LogP contribution in [0.15, 0.2) is 18.3 Å². The van der Waals surface area contributed by atoms with Crippen LogP contribution >= 0.6 is 0 Å². The molecular formula is C10H13NO2. The number of carbonyl (C=O) groups is 1. The van der Waals surface area contributed by atoms with Crippen LogP contribution in [0.25, 0.3) is 0 Å². The second-order valence-electron chi connectivity index (χ2n) is 3.06. The van der Waals surface area contributed by atoms with Gasteiger partial charge in [-0.05, 0) is 37.3 Å². The molecule has 0 bridgehead atoms. The summed E-state index contributed by atoms with van der Waals surface area (Å²) in [4.78, 5) is 12.6. The molecular weight excluding hydrogens is 166 g/mol. The average Bonchev–Trinajstić information content (AvgIpc) is 2.89. The van der Waals surface area contributed by atoms with E-state index in [0.717, 1.165) is 5.92 Å². The lowest BCUT2D eigenvalue weighted by Crippen LogP contribution is -1.87. The third-order valence-electron chi connectivity index (χ3n) is 2.06. The maximum absolute atomic E-state index is 8.36. The number of nitrogens with zero attached hydrogens (tertiary/aromatic N) is 1. The molecule has 1 aromatic rings. The standard InChI is InChI=1S/C9H11N.CH2O2/c1-7-9(8-4-5-8)3-2-6-10-7;2-1-3/h2-3,6,8H,4-5H2,1H3;1H,(H,2,3). The first-order chi connectivity index (χ1) is 6.29. The lowest BCUT2D eigenvalue weighted by Gasteiger charge is -1.99.